The van der Waals surface area contributed by atoms with Crippen molar-refractivity contribution >= 4 is 29.5 Å². The van der Waals surface area contributed by atoms with Gasteiger partial charge in [-0.25, -0.2) is 0 Å². The smallest absolute Gasteiger partial charge is 0.259 e. The molecule has 1 saturated heterocycles. The van der Waals surface area contributed by atoms with Crippen molar-refractivity contribution in [2.45, 2.75) is 19.4 Å². The molecule has 3 amide bonds. The molecule has 8 nitrogen and oxygen atoms in total. The van der Waals surface area contributed by atoms with E-state index in [1.807, 2.05) is 25.1 Å². The maximum Gasteiger partial charge on any atom is 0.259 e. The van der Waals surface area contributed by atoms with Crippen LogP contribution in [0.2, 0.25) is 0 Å². The predicted molar refractivity (Wildman–Crippen MR) is 117 cm³/mol. The summed E-state index contributed by atoms with van der Waals surface area (Å²) in [6.45, 7) is 4.26. The molecule has 0 aromatic heterocycles. The van der Waals surface area contributed by atoms with Crippen molar-refractivity contribution in [3.63, 3.8) is 0 Å². The molecule has 1 fully saturated rings. The van der Waals surface area contributed by atoms with E-state index >= 15 is 0 Å². The Hall–Kier alpha value is -2.26. The number of nitrogens with zero attached hydrogens (tertiary/aromatic N) is 2. The summed E-state index contributed by atoms with van der Waals surface area (Å²) < 4.78 is 10.9. The highest BCUT2D eigenvalue weighted by molar-refractivity contribution is 8.00. The Morgan fingerprint density at radius 1 is 1.20 bits per heavy atom. The molecule has 0 radical (unpaired) electrons. The Bertz CT molecular complexity index is 722. The first-order chi connectivity index (χ1) is 14.4. The third kappa shape index (κ3) is 7.53. The number of para-hydroxylation sites is 1. The van der Waals surface area contributed by atoms with Crippen LogP contribution in [0.15, 0.2) is 24.3 Å². The molecular weight excluding hydrogens is 406 g/mol. The topological polar surface area (TPSA) is 88.2 Å². The largest absolute Gasteiger partial charge is 0.483 e. The first kappa shape index (κ1) is 24.0. The molecular formula is C21H31N3O5S. The predicted octanol–water partition coefficient (Wildman–Crippen LogP) is 1.31. The minimum atomic E-state index is -0.237. The van der Waals surface area contributed by atoms with E-state index in [0.29, 0.717) is 38.5 Å². The van der Waals surface area contributed by atoms with E-state index in [4.69, 9.17) is 9.47 Å². The minimum Gasteiger partial charge on any atom is -0.483 e. The average Bonchev–Trinajstić information content (AvgIpc) is 2.76. The van der Waals surface area contributed by atoms with E-state index in [2.05, 4.69) is 5.32 Å². The number of thioether (sulfide) groups is 1. The lowest BCUT2D eigenvalue weighted by Crippen LogP contribution is -2.41. The molecule has 30 heavy (non-hydrogen) atoms. The molecule has 1 aliphatic rings. The Balaban J connectivity index is 1.86. The highest BCUT2D eigenvalue weighted by Gasteiger charge is 2.20. The molecule has 1 N–H and O–H groups in total. The van der Waals surface area contributed by atoms with Crippen LogP contribution in [0.5, 0.6) is 5.75 Å². The molecule has 1 heterocycles. The fourth-order valence-electron chi connectivity index (χ4n) is 2.94. The minimum absolute atomic E-state index is 0.0347. The van der Waals surface area contributed by atoms with Crippen molar-refractivity contribution < 1.29 is 23.9 Å². The summed E-state index contributed by atoms with van der Waals surface area (Å²) >= 11 is 1.31. The van der Waals surface area contributed by atoms with Gasteiger partial charge >= 0.3 is 0 Å². The number of rotatable bonds is 10. The van der Waals surface area contributed by atoms with E-state index in [-0.39, 0.29) is 41.9 Å². The lowest BCUT2D eigenvalue weighted by atomic mass is 10.0. The molecule has 0 bridgehead atoms. The second kappa shape index (κ2) is 12.4. The number of carbonyl (C=O) groups excluding carboxylic acids is 3. The number of morpholine rings is 1. The number of likely N-dealkylation sites (N-methyl/N-ethyl adjacent to an activating group) is 1. The highest BCUT2D eigenvalue weighted by atomic mass is 32.2. The standard InChI is InChI=1S/C21H31N3O5S/c1-4-17(16-7-5-6-8-18(16)29-13-20(26)23(2)3)22-19(25)14-30-15-21(27)24-9-11-28-12-10-24/h5-8,17H,4,9-15H2,1-3H3,(H,22,25). The van der Waals surface area contributed by atoms with Gasteiger partial charge in [-0.2, -0.15) is 0 Å². The molecule has 9 heteroatoms. The van der Waals surface area contributed by atoms with Gasteiger partial charge in [-0.3, -0.25) is 14.4 Å². The summed E-state index contributed by atoms with van der Waals surface area (Å²) in [5, 5.41) is 3.01. The van der Waals surface area contributed by atoms with Gasteiger partial charge in [0.1, 0.15) is 5.75 Å². The number of hydrogen-bond acceptors (Lipinski definition) is 6. The molecule has 0 aliphatic carbocycles. The fraction of sp³-hybridized carbons (Fsp3) is 0.571. The van der Waals surface area contributed by atoms with Gasteiger partial charge in [0.05, 0.1) is 30.8 Å². The maximum absolute atomic E-state index is 12.4. The molecule has 1 atom stereocenters. The SMILES string of the molecule is CCC(NC(=O)CSCC(=O)N1CCOCC1)c1ccccc1OCC(=O)N(C)C. The third-order valence-corrected chi connectivity index (χ3v) is 5.63. The Kier molecular flexibility index (Phi) is 9.96. The van der Waals surface area contributed by atoms with Crippen molar-refractivity contribution in [3.8, 4) is 5.75 Å². The second-order valence-corrected chi connectivity index (χ2v) is 8.11. The van der Waals surface area contributed by atoms with Crippen LogP contribution in [0, 0.1) is 0 Å². The molecule has 1 aliphatic heterocycles. The van der Waals surface area contributed by atoms with Crippen LogP contribution in [0.4, 0.5) is 0 Å². The lowest BCUT2D eigenvalue weighted by Gasteiger charge is -2.26. The van der Waals surface area contributed by atoms with Gasteiger partial charge in [-0.05, 0) is 12.5 Å². The van der Waals surface area contributed by atoms with Crippen LogP contribution in [-0.2, 0) is 19.1 Å². The van der Waals surface area contributed by atoms with Crippen LogP contribution in [0.1, 0.15) is 24.9 Å². The Morgan fingerprint density at radius 3 is 2.57 bits per heavy atom. The first-order valence-corrected chi connectivity index (χ1v) is 11.2. The van der Waals surface area contributed by atoms with Gasteiger partial charge in [0.25, 0.3) is 5.91 Å². The first-order valence-electron chi connectivity index (χ1n) is 10.1. The number of benzene rings is 1. The van der Waals surface area contributed by atoms with Crippen LogP contribution in [0.3, 0.4) is 0 Å². The Morgan fingerprint density at radius 2 is 1.90 bits per heavy atom. The normalized spacial score (nSPS) is 14.7. The average molecular weight is 438 g/mol. The van der Waals surface area contributed by atoms with Crippen molar-refractivity contribution in [2.24, 2.45) is 0 Å². The summed E-state index contributed by atoms with van der Waals surface area (Å²) in [6, 6.07) is 7.15. The van der Waals surface area contributed by atoms with Crippen molar-refractivity contribution in [3.05, 3.63) is 29.8 Å². The van der Waals surface area contributed by atoms with Crippen molar-refractivity contribution in [1.82, 2.24) is 15.1 Å². The van der Waals surface area contributed by atoms with Gasteiger partial charge in [-0.15, -0.1) is 11.8 Å². The third-order valence-electron chi connectivity index (χ3n) is 4.71. The summed E-state index contributed by atoms with van der Waals surface area (Å²) in [4.78, 5) is 39.7. The number of amides is 3. The van der Waals surface area contributed by atoms with Gasteiger partial charge in [-0.1, -0.05) is 25.1 Å². The number of carbonyl (C=O) groups is 3. The summed E-state index contributed by atoms with van der Waals surface area (Å²) in [5.74, 6) is 0.817. The fourth-order valence-corrected chi connectivity index (χ4v) is 3.67. The number of ether oxygens (including phenoxy) is 2. The zero-order valence-corrected chi connectivity index (χ0v) is 18.7. The van der Waals surface area contributed by atoms with Crippen LogP contribution < -0.4 is 10.1 Å². The van der Waals surface area contributed by atoms with Crippen molar-refractivity contribution in [1.29, 1.82) is 0 Å². The lowest BCUT2D eigenvalue weighted by molar-refractivity contribution is -0.132. The zero-order chi connectivity index (χ0) is 21.9. The van der Waals surface area contributed by atoms with Gasteiger partial charge in [0.2, 0.25) is 11.8 Å². The molecule has 2 rings (SSSR count). The van der Waals surface area contributed by atoms with Gasteiger partial charge < -0.3 is 24.6 Å². The molecule has 166 valence electrons. The Labute approximate surface area is 182 Å². The quantitative estimate of drug-likeness (QED) is 0.594. The van der Waals surface area contributed by atoms with Gasteiger partial charge in [0, 0.05) is 32.7 Å². The van der Waals surface area contributed by atoms with E-state index in [9.17, 15) is 14.4 Å². The highest BCUT2D eigenvalue weighted by Crippen LogP contribution is 2.27. The van der Waals surface area contributed by atoms with E-state index < -0.39 is 0 Å². The molecule has 1 aromatic rings. The number of nitrogens with one attached hydrogen (secondary N) is 1. The zero-order valence-electron chi connectivity index (χ0n) is 17.9. The van der Waals surface area contributed by atoms with E-state index in [1.165, 1.54) is 16.7 Å². The molecule has 1 unspecified atom stereocenters. The molecule has 1 aromatic carbocycles. The summed E-state index contributed by atoms with van der Waals surface area (Å²) in [5.41, 5.74) is 0.828. The van der Waals surface area contributed by atoms with Gasteiger partial charge in [0.15, 0.2) is 6.61 Å². The summed E-state index contributed by atoms with van der Waals surface area (Å²) in [7, 11) is 3.35. The maximum atomic E-state index is 12.4. The number of hydrogen-bond donors (Lipinski definition) is 1. The van der Waals surface area contributed by atoms with Crippen molar-refractivity contribution in [2.75, 3.05) is 58.5 Å². The van der Waals surface area contributed by atoms with E-state index in [0.717, 1.165) is 5.56 Å². The van der Waals surface area contributed by atoms with Crippen LogP contribution >= 0.6 is 11.8 Å². The summed E-state index contributed by atoms with van der Waals surface area (Å²) in [6.07, 6.45) is 0.672. The van der Waals surface area contributed by atoms with Crippen LogP contribution in [-0.4, -0.2) is 86.0 Å². The monoisotopic (exact) mass is 437 g/mol. The van der Waals surface area contributed by atoms with Crippen LogP contribution in [0.25, 0.3) is 0 Å². The molecule has 0 spiro atoms. The van der Waals surface area contributed by atoms with E-state index in [1.54, 1.807) is 25.1 Å². The second-order valence-electron chi connectivity index (χ2n) is 7.13. The molecule has 0 saturated carbocycles.